The second-order valence-corrected chi connectivity index (χ2v) is 10.8. The fraction of sp³-hybridized carbons (Fsp3) is 0.375. The molecule has 1 saturated carbocycles. The summed E-state index contributed by atoms with van der Waals surface area (Å²) >= 11 is 1.55. The summed E-state index contributed by atoms with van der Waals surface area (Å²) in [5.74, 6) is 0.929. The predicted molar refractivity (Wildman–Crippen MR) is 133 cm³/mol. The quantitative estimate of drug-likeness (QED) is 0.425. The second-order valence-electron chi connectivity index (χ2n) is 8.11. The van der Waals surface area contributed by atoms with Crippen molar-refractivity contribution in [2.45, 2.75) is 50.0 Å². The van der Waals surface area contributed by atoms with Gasteiger partial charge in [0, 0.05) is 11.7 Å². The Hall–Kier alpha value is -2.78. The maximum absolute atomic E-state index is 13.2. The molecule has 33 heavy (non-hydrogen) atoms. The van der Waals surface area contributed by atoms with Crippen molar-refractivity contribution in [3.63, 3.8) is 0 Å². The molecule has 0 bridgehead atoms. The minimum Gasteiger partial charge on any atom is -0.497 e. The van der Waals surface area contributed by atoms with Crippen LogP contribution >= 0.6 is 11.3 Å². The highest BCUT2D eigenvalue weighted by Gasteiger charge is 2.23. The average Bonchev–Trinajstić information content (AvgIpc) is 3.19. The zero-order valence-corrected chi connectivity index (χ0v) is 20.7. The van der Waals surface area contributed by atoms with Crippen LogP contribution in [0.15, 0.2) is 47.4 Å². The number of sulfonamides is 1. The van der Waals surface area contributed by atoms with Crippen LogP contribution in [0.25, 0.3) is 10.4 Å². The van der Waals surface area contributed by atoms with Crippen molar-refractivity contribution in [3.05, 3.63) is 48.2 Å². The largest absolute Gasteiger partial charge is 0.497 e. The third kappa shape index (κ3) is 5.42. The smallest absolute Gasteiger partial charge is 0.265 e. The highest BCUT2D eigenvalue weighted by Crippen LogP contribution is 2.37. The molecule has 0 saturated heterocycles. The van der Waals surface area contributed by atoms with Crippen molar-refractivity contribution in [1.82, 2.24) is 4.98 Å². The van der Waals surface area contributed by atoms with E-state index in [1.807, 2.05) is 13.0 Å². The molecule has 0 radical (unpaired) electrons. The van der Waals surface area contributed by atoms with Gasteiger partial charge in [-0.3, -0.25) is 4.72 Å². The molecule has 7 nitrogen and oxygen atoms in total. The highest BCUT2D eigenvalue weighted by molar-refractivity contribution is 7.92. The van der Waals surface area contributed by atoms with Gasteiger partial charge < -0.3 is 14.8 Å². The lowest BCUT2D eigenvalue weighted by atomic mass is 9.96. The van der Waals surface area contributed by atoms with E-state index in [1.54, 1.807) is 54.8 Å². The van der Waals surface area contributed by atoms with Crippen LogP contribution in [0.5, 0.6) is 11.5 Å². The minimum atomic E-state index is -3.88. The lowest BCUT2D eigenvalue weighted by molar-refractivity contribution is 0.403. The summed E-state index contributed by atoms with van der Waals surface area (Å²) in [5, 5.41) is 4.44. The average molecular weight is 488 g/mol. The zero-order chi connectivity index (χ0) is 23.4. The monoisotopic (exact) mass is 487 g/mol. The molecule has 0 amide bonds. The van der Waals surface area contributed by atoms with E-state index in [0.29, 0.717) is 17.5 Å². The van der Waals surface area contributed by atoms with Gasteiger partial charge in [0.15, 0.2) is 5.13 Å². The van der Waals surface area contributed by atoms with Crippen molar-refractivity contribution < 1.29 is 17.9 Å². The van der Waals surface area contributed by atoms with Gasteiger partial charge in [-0.25, -0.2) is 13.4 Å². The van der Waals surface area contributed by atoms with E-state index in [-0.39, 0.29) is 10.6 Å². The Morgan fingerprint density at radius 2 is 1.73 bits per heavy atom. The van der Waals surface area contributed by atoms with E-state index < -0.39 is 10.0 Å². The van der Waals surface area contributed by atoms with E-state index in [0.717, 1.165) is 34.1 Å². The van der Waals surface area contributed by atoms with Crippen molar-refractivity contribution in [2.24, 2.45) is 0 Å². The Balaban J connectivity index is 1.62. The number of rotatable bonds is 8. The summed E-state index contributed by atoms with van der Waals surface area (Å²) in [4.78, 5) is 5.72. The molecule has 1 fully saturated rings. The van der Waals surface area contributed by atoms with Crippen molar-refractivity contribution in [3.8, 4) is 21.9 Å². The summed E-state index contributed by atoms with van der Waals surface area (Å²) in [6.45, 7) is 1.95. The maximum atomic E-state index is 13.2. The minimum absolute atomic E-state index is 0.0768. The van der Waals surface area contributed by atoms with E-state index >= 15 is 0 Å². The fourth-order valence-corrected chi connectivity index (χ4v) is 6.34. The Morgan fingerprint density at radius 3 is 2.39 bits per heavy atom. The Kier molecular flexibility index (Phi) is 7.09. The summed E-state index contributed by atoms with van der Waals surface area (Å²) < 4.78 is 39.6. The van der Waals surface area contributed by atoms with Gasteiger partial charge >= 0.3 is 0 Å². The lowest BCUT2D eigenvalue weighted by Crippen LogP contribution is -2.21. The number of anilines is 2. The van der Waals surface area contributed by atoms with Crippen LogP contribution in [0.4, 0.5) is 10.8 Å². The molecule has 176 valence electrons. The van der Waals surface area contributed by atoms with Crippen LogP contribution in [0.3, 0.4) is 0 Å². The van der Waals surface area contributed by atoms with Gasteiger partial charge in [0.1, 0.15) is 16.4 Å². The van der Waals surface area contributed by atoms with Crippen molar-refractivity contribution in [2.75, 3.05) is 24.3 Å². The molecular formula is C24H29N3O4S2. The van der Waals surface area contributed by atoms with Gasteiger partial charge in [0.2, 0.25) is 0 Å². The molecular weight excluding hydrogens is 458 g/mol. The number of ether oxygens (including phenoxy) is 2. The molecule has 1 aliphatic carbocycles. The first kappa shape index (κ1) is 23.4. The molecule has 3 aromatic rings. The van der Waals surface area contributed by atoms with Crippen LogP contribution in [-0.2, 0) is 10.0 Å². The van der Waals surface area contributed by atoms with E-state index in [2.05, 4.69) is 10.0 Å². The Morgan fingerprint density at radius 1 is 1.00 bits per heavy atom. The maximum Gasteiger partial charge on any atom is 0.265 e. The molecule has 1 heterocycles. The van der Waals surface area contributed by atoms with Crippen LogP contribution in [0, 0.1) is 6.92 Å². The van der Waals surface area contributed by atoms with Gasteiger partial charge in [-0.15, -0.1) is 0 Å². The van der Waals surface area contributed by atoms with E-state index in [1.165, 1.54) is 26.4 Å². The van der Waals surface area contributed by atoms with Gasteiger partial charge in [-0.05, 0) is 67.8 Å². The number of nitrogens with zero attached hydrogens (tertiary/aromatic N) is 1. The number of hydrogen-bond donors (Lipinski definition) is 2. The summed E-state index contributed by atoms with van der Waals surface area (Å²) in [5.41, 5.74) is 2.10. The number of hydrogen-bond acceptors (Lipinski definition) is 7. The van der Waals surface area contributed by atoms with E-state index in [9.17, 15) is 8.42 Å². The first-order valence-electron chi connectivity index (χ1n) is 11.0. The van der Waals surface area contributed by atoms with Gasteiger partial charge in [0.25, 0.3) is 10.0 Å². The molecule has 1 aliphatic rings. The number of methoxy groups -OCH3 is 2. The molecule has 1 aromatic heterocycles. The van der Waals surface area contributed by atoms with Crippen LogP contribution in [0.2, 0.25) is 0 Å². The fourth-order valence-electron chi connectivity index (χ4n) is 4.04. The first-order valence-corrected chi connectivity index (χ1v) is 13.3. The summed E-state index contributed by atoms with van der Waals surface area (Å²) in [6, 6.07) is 12.4. The van der Waals surface area contributed by atoms with E-state index in [4.69, 9.17) is 14.5 Å². The van der Waals surface area contributed by atoms with Crippen LogP contribution < -0.4 is 19.5 Å². The van der Waals surface area contributed by atoms with Gasteiger partial charge in [0.05, 0.1) is 24.8 Å². The van der Waals surface area contributed by atoms with Crippen molar-refractivity contribution >= 4 is 32.2 Å². The molecule has 2 aromatic carbocycles. The highest BCUT2D eigenvalue weighted by atomic mass is 32.2. The number of aromatic nitrogens is 1. The molecule has 0 atom stereocenters. The van der Waals surface area contributed by atoms with Crippen LogP contribution in [-0.4, -0.2) is 33.7 Å². The predicted octanol–water partition coefficient (Wildman–Crippen LogP) is 5.68. The molecule has 0 unspecified atom stereocenters. The number of benzene rings is 2. The summed E-state index contributed by atoms with van der Waals surface area (Å²) in [7, 11) is -0.856. The molecule has 0 spiro atoms. The van der Waals surface area contributed by atoms with Crippen LogP contribution in [0.1, 0.15) is 37.8 Å². The standard InChI is InChI=1S/C24H29N3O4S2/c1-16-23(32-24(25-16)26-18-7-5-4-6-8-18)17-9-14-21(31-3)22(15-17)33(28,29)27-19-10-12-20(30-2)13-11-19/h9-15,18,27H,4-8H2,1-3H3,(H,25,26). The normalized spacial score (nSPS) is 14.6. The molecule has 2 N–H and O–H groups in total. The van der Waals surface area contributed by atoms with Crippen molar-refractivity contribution in [1.29, 1.82) is 0 Å². The first-order chi connectivity index (χ1) is 15.9. The summed E-state index contributed by atoms with van der Waals surface area (Å²) in [6.07, 6.45) is 6.12. The Bertz CT molecular complexity index is 1200. The second kappa shape index (κ2) is 10.0. The third-order valence-corrected chi connectivity index (χ3v) is 8.33. The topological polar surface area (TPSA) is 89.5 Å². The lowest BCUT2D eigenvalue weighted by Gasteiger charge is -2.22. The number of aryl methyl sites for hydroxylation is 1. The zero-order valence-electron chi connectivity index (χ0n) is 19.1. The number of nitrogens with one attached hydrogen (secondary N) is 2. The van der Waals surface area contributed by atoms with Gasteiger partial charge in [-0.1, -0.05) is 30.6 Å². The molecule has 4 rings (SSSR count). The number of thiazole rings is 1. The van der Waals surface area contributed by atoms with Gasteiger partial charge in [-0.2, -0.15) is 0 Å². The Labute approximate surface area is 199 Å². The third-order valence-electron chi connectivity index (χ3n) is 5.79. The molecule has 9 heteroatoms. The SMILES string of the molecule is COc1ccc(NS(=O)(=O)c2cc(-c3sc(NC4CCCCC4)nc3C)ccc2OC)cc1. The molecule has 0 aliphatic heterocycles.